The van der Waals surface area contributed by atoms with Crippen LogP contribution >= 0.6 is 11.6 Å². The molecule has 0 heterocycles. The zero-order chi connectivity index (χ0) is 12.7. The predicted molar refractivity (Wildman–Crippen MR) is 67.4 cm³/mol. The summed E-state index contributed by atoms with van der Waals surface area (Å²) in [7, 11) is 0. The first-order valence-electron chi connectivity index (χ1n) is 5.75. The first kappa shape index (κ1) is 14.0. The van der Waals surface area contributed by atoms with Crippen LogP contribution in [0.25, 0.3) is 0 Å². The molecule has 0 aromatic heterocycles. The van der Waals surface area contributed by atoms with Crippen LogP contribution in [0.4, 0.5) is 4.39 Å². The Bertz CT molecular complexity index is 370. The van der Waals surface area contributed by atoms with E-state index in [0.717, 1.165) is 5.56 Å². The highest BCUT2D eigenvalue weighted by molar-refractivity contribution is 6.17. The van der Waals surface area contributed by atoms with Crippen LogP contribution in [-0.4, -0.2) is 23.2 Å². The van der Waals surface area contributed by atoms with Crippen LogP contribution in [0.1, 0.15) is 25.3 Å². The van der Waals surface area contributed by atoms with Crippen molar-refractivity contribution in [3.63, 3.8) is 0 Å². The maximum absolute atomic E-state index is 13.0. The van der Waals surface area contributed by atoms with Gasteiger partial charge in [-0.1, -0.05) is 12.1 Å². The van der Waals surface area contributed by atoms with Crippen molar-refractivity contribution >= 4 is 17.5 Å². The number of hydrogen-bond donors (Lipinski definition) is 0. The molecule has 4 heteroatoms. The number of rotatable bonds is 6. The summed E-state index contributed by atoms with van der Waals surface area (Å²) in [5.74, 6) is 0.285. The fourth-order valence-corrected chi connectivity index (χ4v) is 1.74. The third-order valence-corrected chi connectivity index (χ3v) is 2.79. The molecule has 1 aromatic rings. The van der Waals surface area contributed by atoms with Gasteiger partial charge < -0.3 is 4.90 Å². The highest BCUT2D eigenvalue weighted by Crippen LogP contribution is 2.09. The zero-order valence-corrected chi connectivity index (χ0v) is 10.7. The van der Waals surface area contributed by atoms with Gasteiger partial charge in [0.25, 0.3) is 0 Å². The molecular formula is C13H17ClFNO. The van der Waals surface area contributed by atoms with Crippen molar-refractivity contribution in [3.05, 3.63) is 35.6 Å². The lowest BCUT2D eigenvalue weighted by Gasteiger charge is -2.20. The van der Waals surface area contributed by atoms with Crippen molar-refractivity contribution in [2.75, 3.05) is 12.4 Å². The molecule has 0 saturated heterocycles. The van der Waals surface area contributed by atoms with Crippen molar-refractivity contribution in [1.29, 1.82) is 0 Å². The van der Waals surface area contributed by atoms with Crippen LogP contribution in [0, 0.1) is 5.82 Å². The molecule has 94 valence electrons. The summed E-state index contributed by atoms with van der Waals surface area (Å²) in [6.45, 7) is 2.99. The van der Waals surface area contributed by atoms with Crippen molar-refractivity contribution in [1.82, 2.24) is 4.90 Å². The molecule has 0 fully saturated rings. The van der Waals surface area contributed by atoms with E-state index in [1.54, 1.807) is 11.0 Å². The van der Waals surface area contributed by atoms with Crippen LogP contribution in [0.3, 0.4) is 0 Å². The van der Waals surface area contributed by atoms with Crippen LogP contribution in [0.5, 0.6) is 0 Å². The summed E-state index contributed by atoms with van der Waals surface area (Å²) < 4.78 is 13.0. The first-order chi connectivity index (χ1) is 8.17. The lowest BCUT2D eigenvalue weighted by molar-refractivity contribution is -0.131. The number of benzene rings is 1. The Morgan fingerprint density at radius 3 is 2.82 bits per heavy atom. The lowest BCUT2D eigenvalue weighted by Crippen LogP contribution is -2.30. The molecule has 1 aromatic carbocycles. The molecule has 0 spiro atoms. The first-order valence-corrected chi connectivity index (χ1v) is 6.29. The Labute approximate surface area is 106 Å². The van der Waals surface area contributed by atoms with Gasteiger partial charge in [0.2, 0.25) is 5.91 Å². The van der Waals surface area contributed by atoms with Crippen LogP contribution in [0.15, 0.2) is 24.3 Å². The van der Waals surface area contributed by atoms with Gasteiger partial charge in [0.1, 0.15) is 5.82 Å². The maximum Gasteiger partial charge on any atom is 0.222 e. The fraction of sp³-hybridized carbons (Fsp3) is 0.462. The van der Waals surface area contributed by atoms with E-state index >= 15 is 0 Å². The molecule has 1 amide bonds. The highest BCUT2D eigenvalue weighted by Gasteiger charge is 2.11. The fourth-order valence-electron chi connectivity index (χ4n) is 1.61. The van der Waals surface area contributed by atoms with Gasteiger partial charge in [-0.15, -0.1) is 11.6 Å². The Morgan fingerprint density at radius 2 is 2.24 bits per heavy atom. The van der Waals surface area contributed by atoms with Gasteiger partial charge in [-0.25, -0.2) is 4.39 Å². The largest absolute Gasteiger partial charge is 0.339 e. The molecule has 0 aliphatic rings. The van der Waals surface area contributed by atoms with E-state index in [9.17, 15) is 9.18 Å². The monoisotopic (exact) mass is 257 g/mol. The molecule has 0 radical (unpaired) electrons. The van der Waals surface area contributed by atoms with Gasteiger partial charge in [-0.05, 0) is 31.0 Å². The van der Waals surface area contributed by atoms with E-state index in [0.29, 0.717) is 31.8 Å². The SMILES string of the molecule is CCN(Cc1cccc(F)c1)C(=O)CCCCl. The second-order valence-electron chi connectivity index (χ2n) is 3.83. The quantitative estimate of drug-likeness (QED) is 0.717. The number of halogens is 2. The van der Waals surface area contributed by atoms with E-state index in [2.05, 4.69) is 0 Å². The number of nitrogens with zero attached hydrogens (tertiary/aromatic N) is 1. The van der Waals surface area contributed by atoms with Crippen LogP contribution < -0.4 is 0 Å². The van der Waals surface area contributed by atoms with Gasteiger partial charge >= 0.3 is 0 Å². The lowest BCUT2D eigenvalue weighted by atomic mass is 10.2. The van der Waals surface area contributed by atoms with Gasteiger partial charge in [0, 0.05) is 25.4 Å². The van der Waals surface area contributed by atoms with E-state index in [1.165, 1.54) is 12.1 Å². The molecule has 0 atom stereocenters. The van der Waals surface area contributed by atoms with E-state index in [-0.39, 0.29) is 11.7 Å². The normalized spacial score (nSPS) is 10.3. The molecule has 17 heavy (non-hydrogen) atoms. The number of carbonyl (C=O) groups is 1. The van der Waals surface area contributed by atoms with Gasteiger partial charge in [-0.3, -0.25) is 4.79 Å². The molecule has 0 saturated carbocycles. The molecule has 2 nitrogen and oxygen atoms in total. The topological polar surface area (TPSA) is 20.3 Å². The Morgan fingerprint density at radius 1 is 1.47 bits per heavy atom. The van der Waals surface area contributed by atoms with Gasteiger partial charge in [0.15, 0.2) is 0 Å². The Kier molecular flexibility index (Phi) is 5.98. The van der Waals surface area contributed by atoms with Crippen molar-refractivity contribution in [2.45, 2.75) is 26.3 Å². The minimum Gasteiger partial charge on any atom is -0.339 e. The van der Waals surface area contributed by atoms with Crippen LogP contribution in [0.2, 0.25) is 0 Å². The minimum atomic E-state index is -0.272. The minimum absolute atomic E-state index is 0.0670. The van der Waals surface area contributed by atoms with Crippen molar-refractivity contribution < 1.29 is 9.18 Å². The average molecular weight is 258 g/mol. The molecular weight excluding hydrogens is 241 g/mol. The second-order valence-corrected chi connectivity index (χ2v) is 4.21. The summed E-state index contributed by atoms with van der Waals surface area (Å²) in [6, 6.07) is 6.33. The molecule has 0 unspecified atom stereocenters. The van der Waals surface area contributed by atoms with Gasteiger partial charge in [0.05, 0.1) is 0 Å². The summed E-state index contributed by atoms with van der Waals surface area (Å²) >= 11 is 5.55. The van der Waals surface area contributed by atoms with Crippen LogP contribution in [-0.2, 0) is 11.3 Å². The molecule has 0 bridgehead atoms. The summed E-state index contributed by atoms with van der Waals surface area (Å²) in [6.07, 6.45) is 1.13. The number of hydrogen-bond acceptors (Lipinski definition) is 1. The summed E-state index contributed by atoms with van der Waals surface area (Å²) in [5.41, 5.74) is 0.811. The third kappa shape index (κ3) is 4.73. The van der Waals surface area contributed by atoms with E-state index in [4.69, 9.17) is 11.6 Å². The molecule has 1 rings (SSSR count). The summed E-state index contributed by atoms with van der Waals surface area (Å²) in [5, 5.41) is 0. The molecule has 0 aliphatic carbocycles. The summed E-state index contributed by atoms with van der Waals surface area (Å²) in [4.78, 5) is 13.5. The predicted octanol–water partition coefficient (Wildman–Crippen LogP) is 3.19. The zero-order valence-electron chi connectivity index (χ0n) is 9.96. The van der Waals surface area contributed by atoms with Crippen molar-refractivity contribution in [3.8, 4) is 0 Å². The second kappa shape index (κ2) is 7.28. The smallest absolute Gasteiger partial charge is 0.222 e. The van der Waals surface area contributed by atoms with E-state index in [1.807, 2.05) is 13.0 Å². The van der Waals surface area contributed by atoms with Gasteiger partial charge in [-0.2, -0.15) is 0 Å². The third-order valence-electron chi connectivity index (χ3n) is 2.52. The molecule has 0 aliphatic heterocycles. The number of alkyl halides is 1. The standard InChI is InChI=1S/C13H17ClFNO/c1-2-16(13(17)7-4-8-14)10-11-5-3-6-12(15)9-11/h3,5-6,9H,2,4,7-8,10H2,1H3. The Hall–Kier alpha value is -1.09. The van der Waals surface area contributed by atoms with E-state index < -0.39 is 0 Å². The molecule has 0 N–H and O–H groups in total. The average Bonchev–Trinajstić information content (AvgIpc) is 2.33. The Balaban J connectivity index is 2.60. The van der Waals surface area contributed by atoms with Crippen molar-refractivity contribution in [2.24, 2.45) is 0 Å². The number of amides is 1. The highest BCUT2D eigenvalue weighted by atomic mass is 35.5. The number of carbonyl (C=O) groups excluding carboxylic acids is 1. The maximum atomic E-state index is 13.0.